The maximum Gasteiger partial charge on any atom is 0.341 e. The number of hydrogen-bond acceptors (Lipinski definition) is 6. The van der Waals surface area contributed by atoms with E-state index in [-0.39, 0.29) is 12.3 Å². The van der Waals surface area contributed by atoms with E-state index in [1.807, 2.05) is 69.3 Å². The third-order valence-corrected chi connectivity index (χ3v) is 6.01. The van der Waals surface area contributed by atoms with Crippen molar-refractivity contribution in [2.45, 2.75) is 33.6 Å². The molecule has 1 amide bonds. The SMILES string of the molecule is CCOc1ccc(-c2c(C)sc(NC(=O)CCCOc3cccc(C)c3)c2C(=O)OC)cc1. The molecule has 6 nitrogen and oxygen atoms in total. The van der Waals surface area contributed by atoms with E-state index in [0.717, 1.165) is 33.1 Å². The van der Waals surface area contributed by atoms with Crippen LogP contribution in [0.4, 0.5) is 5.00 Å². The summed E-state index contributed by atoms with van der Waals surface area (Å²) in [5.41, 5.74) is 3.11. The van der Waals surface area contributed by atoms with Gasteiger partial charge >= 0.3 is 5.97 Å². The van der Waals surface area contributed by atoms with Crippen molar-refractivity contribution in [3.8, 4) is 22.6 Å². The summed E-state index contributed by atoms with van der Waals surface area (Å²) >= 11 is 1.36. The van der Waals surface area contributed by atoms with Crippen LogP contribution in [0, 0.1) is 13.8 Å². The van der Waals surface area contributed by atoms with Gasteiger partial charge in [0.2, 0.25) is 5.91 Å². The minimum Gasteiger partial charge on any atom is -0.494 e. The molecule has 1 heterocycles. The van der Waals surface area contributed by atoms with E-state index in [1.54, 1.807) is 0 Å². The molecule has 0 aliphatic carbocycles. The van der Waals surface area contributed by atoms with Crippen LogP contribution >= 0.6 is 11.3 Å². The molecule has 0 unspecified atom stereocenters. The van der Waals surface area contributed by atoms with Crippen molar-refractivity contribution in [2.24, 2.45) is 0 Å². The molecule has 0 bridgehead atoms. The van der Waals surface area contributed by atoms with Crippen molar-refractivity contribution in [3.05, 3.63) is 64.5 Å². The molecule has 7 heteroatoms. The zero-order valence-electron chi connectivity index (χ0n) is 19.4. The van der Waals surface area contributed by atoms with Gasteiger partial charge in [-0.1, -0.05) is 24.3 Å². The highest BCUT2D eigenvalue weighted by atomic mass is 32.1. The first-order chi connectivity index (χ1) is 15.9. The van der Waals surface area contributed by atoms with Gasteiger partial charge < -0.3 is 19.5 Å². The summed E-state index contributed by atoms with van der Waals surface area (Å²) in [6.45, 7) is 6.87. The topological polar surface area (TPSA) is 73.9 Å². The van der Waals surface area contributed by atoms with Gasteiger partial charge in [0, 0.05) is 16.9 Å². The minimum absolute atomic E-state index is 0.174. The molecular formula is C26H29NO5S. The fourth-order valence-corrected chi connectivity index (χ4v) is 4.56. The zero-order valence-corrected chi connectivity index (χ0v) is 20.2. The Morgan fingerprint density at radius 3 is 2.42 bits per heavy atom. The largest absolute Gasteiger partial charge is 0.494 e. The first-order valence-corrected chi connectivity index (χ1v) is 11.7. The van der Waals surface area contributed by atoms with Crippen LogP contribution in [0.5, 0.6) is 11.5 Å². The predicted molar refractivity (Wildman–Crippen MR) is 132 cm³/mol. The van der Waals surface area contributed by atoms with Crippen LogP contribution in [-0.4, -0.2) is 32.2 Å². The van der Waals surface area contributed by atoms with Gasteiger partial charge in [0.05, 0.1) is 20.3 Å². The van der Waals surface area contributed by atoms with Gasteiger partial charge in [0.1, 0.15) is 22.1 Å². The van der Waals surface area contributed by atoms with Gasteiger partial charge in [0.25, 0.3) is 0 Å². The lowest BCUT2D eigenvalue weighted by atomic mass is 10.0. The molecule has 0 atom stereocenters. The molecule has 174 valence electrons. The first-order valence-electron chi connectivity index (χ1n) is 10.9. The molecule has 0 aliphatic rings. The number of benzene rings is 2. The highest BCUT2D eigenvalue weighted by molar-refractivity contribution is 7.17. The number of nitrogens with one attached hydrogen (secondary N) is 1. The number of amides is 1. The Kier molecular flexibility index (Phi) is 8.49. The summed E-state index contributed by atoms with van der Waals surface area (Å²) in [7, 11) is 1.34. The Balaban J connectivity index is 1.69. The second kappa shape index (κ2) is 11.5. The number of aryl methyl sites for hydroxylation is 2. The lowest BCUT2D eigenvalue weighted by Gasteiger charge is -2.10. The highest BCUT2D eigenvalue weighted by Crippen LogP contribution is 2.40. The number of carbonyl (C=O) groups excluding carboxylic acids is 2. The molecule has 0 saturated carbocycles. The van der Waals surface area contributed by atoms with E-state index in [9.17, 15) is 9.59 Å². The van der Waals surface area contributed by atoms with Gasteiger partial charge in [-0.3, -0.25) is 4.79 Å². The normalized spacial score (nSPS) is 10.5. The molecule has 0 aliphatic heterocycles. The molecule has 1 aromatic heterocycles. The van der Waals surface area contributed by atoms with Crippen molar-refractivity contribution < 1.29 is 23.8 Å². The Hall–Kier alpha value is -3.32. The summed E-state index contributed by atoms with van der Waals surface area (Å²) in [6, 6.07) is 15.3. The molecule has 3 aromatic rings. The Labute approximate surface area is 198 Å². The van der Waals surface area contributed by atoms with E-state index in [0.29, 0.717) is 30.2 Å². The summed E-state index contributed by atoms with van der Waals surface area (Å²) in [4.78, 5) is 26.1. The Morgan fingerprint density at radius 1 is 1.00 bits per heavy atom. The van der Waals surface area contributed by atoms with Gasteiger partial charge in [-0.05, 0) is 62.6 Å². The van der Waals surface area contributed by atoms with Crippen molar-refractivity contribution in [2.75, 3.05) is 25.6 Å². The van der Waals surface area contributed by atoms with E-state index in [4.69, 9.17) is 14.2 Å². The summed E-state index contributed by atoms with van der Waals surface area (Å²) in [6.07, 6.45) is 0.838. The van der Waals surface area contributed by atoms with Crippen LogP contribution < -0.4 is 14.8 Å². The maximum atomic E-state index is 12.6. The number of methoxy groups -OCH3 is 1. The molecule has 0 radical (unpaired) electrons. The second-order valence-electron chi connectivity index (χ2n) is 7.50. The van der Waals surface area contributed by atoms with Crippen LogP contribution in [0.3, 0.4) is 0 Å². The third-order valence-electron chi connectivity index (χ3n) is 4.99. The van der Waals surface area contributed by atoms with Crippen LogP contribution in [0.15, 0.2) is 48.5 Å². The zero-order chi connectivity index (χ0) is 23.8. The number of esters is 1. The number of ether oxygens (including phenoxy) is 3. The molecule has 3 rings (SSSR count). The molecule has 2 aromatic carbocycles. The predicted octanol–water partition coefficient (Wildman–Crippen LogP) is 6.01. The average Bonchev–Trinajstić information content (AvgIpc) is 3.12. The van der Waals surface area contributed by atoms with Crippen LogP contribution in [0.25, 0.3) is 11.1 Å². The number of anilines is 1. The van der Waals surface area contributed by atoms with Crippen LogP contribution in [-0.2, 0) is 9.53 Å². The van der Waals surface area contributed by atoms with E-state index >= 15 is 0 Å². The standard InChI is InChI=1S/C26H29NO5S/c1-5-31-20-13-11-19(12-14-20)23-18(3)33-25(24(23)26(29)30-4)27-22(28)10-7-15-32-21-9-6-8-17(2)16-21/h6,8-9,11-14,16H,5,7,10,15H2,1-4H3,(H,27,28). The van der Waals surface area contributed by atoms with Crippen LogP contribution in [0.2, 0.25) is 0 Å². The summed E-state index contributed by atoms with van der Waals surface area (Å²) in [5, 5.41) is 3.39. The molecule has 0 fully saturated rings. The van der Waals surface area contributed by atoms with Crippen molar-refractivity contribution in [1.82, 2.24) is 0 Å². The minimum atomic E-state index is -0.485. The fourth-order valence-electron chi connectivity index (χ4n) is 3.48. The van der Waals surface area contributed by atoms with Crippen molar-refractivity contribution in [3.63, 3.8) is 0 Å². The van der Waals surface area contributed by atoms with Gasteiger partial charge in [-0.15, -0.1) is 11.3 Å². The van der Waals surface area contributed by atoms with Gasteiger partial charge in [-0.25, -0.2) is 4.79 Å². The summed E-state index contributed by atoms with van der Waals surface area (Å²) in [5.74, 6) is 0.890. The second-order valence-corrected chi connectivity index (χ2v) is 8.73. The molecule has 1 N–H and O–H groups in total. The number of thiophene rings is 1. The molecule has 0 saturated heterocycles. The molecular weight excluding hydrogens is 438 g/mol. The fraction of sp³-hybridized carbons (Fsp3) is 0.308. The summed E-state index contributed by atoms with van der Waals surface area (Å²) < 4.78 is 16.2. The number of carbonyl (C=O) groups is 2. The first kappa shape index (κ1) is 24.3. The Bertz CT molecular complexity index is 1100. The number of hydrogen-bond donors (Lipinski definition) is 1. The van der Waals surface area contributed by atoms with E-state index in [1.165, 1.54) is 18.4 Å². The average molecular weight is 468 g/mol. The smallest absolute Gasteiger partial charge is 0.341 e. The van der Waals surface area contributed by atoms with Crippen molar-refractivity contribution >= 4 is 28.2 Å². The van der Waals surface area contributed by atoms with E-state index in [2.05, 4.69) is 5.32 Å². The molecule has 0 spiro atoms. The maximum absolute atomic E-state index is 12.6. The van der Waals surface area contributed by atoms with Gasteiger partial charge in [0.15, 0.2) is 0 Å². The highest BCUT2D eigenvalue weighted by Gasteiger charge is 2.25. The van der Waals surface area contributed by atoms with Crippen molar-refractivity contribution in [1.29, 1.82) is 0 Å². The lowest BCUT2D eigenvalue weighted by molar-refractivity contribution is -0.116. The lowest BCUT2D eigenvalue weighted by Crippen LogP contribution is -2.15. The quantitative estimate of drug-likeness (QED) is 0.292. The monoisotopic (exact) mass is 467 g/mol. The number of rotatable bonds is 10. The van der Waals surface area contributed by atoms with Crippen LogP contribution in [0.1, 0.15) is 40.6 Å². The Morgan fingerprint density at radius 2 is 1.76 bits per heavy atom. The molecule has 33 heavy (non-hydrogen) atoms. The third kappa shape index (κ3) is 6.35. The van der Waals surface area contributed by atoms with E-state index < -0.39 is 5.97 Å². The van der Waals surface area contributed by atoms with Gasteiger partial charge in [-0.2, -0.15) is 0 Å².